The highest BCUT2D eigenvalue weighted by Crippen LogP contribution is 2.18. The molecule has 0 aromatic heterocycles. The van der Waals surface area contributed by atoms with Gasteiger partial charge in [0, 0.05) is 6.04 Å². The molecule has 0 bridgehead atoms. The van der Waals surface area contributed by atoms with Crippen molar-refractivity contribution in [1.82, 2.24) is 0 Å². The molecular formula is C6H14O2Si. The summed E-state index contributed by atoms with van der Waals surface area (Å²) < 4.78 is 15.5. The molecule has 3 heteroatoms. The molecule has 0 saturated carbocycles. The lowest BCUT2D eigenvalue weighted by Crippen LogP contribution is -2.14. The van der Waals surface area contributed by atoms with Gasteiger partial charge in [-0.25, -0.2) is 0 Å². The summed E-state index contributed by atoms with van der Waals surface area (Å²) >= 11 is 0. The van der Waals surface area contributed by atoms with Gasteiger partial charge in [0.15, 0.2) is 0 Å². The molecule has 0 aromatic carbocycles. The van der Waals surface area contributed by atoms with Gasteiger partial charge in [-0.1, -0.05) is 20.8 Å². The first-order valence-corrected chi connectivity index (χ1v) is 4.55. The van der Waals surface area contributed by atoms with Crippen LogP contribution in [0, 0.1) is 5.41 Å². The van der Waals surface area contributed by atoms with Gasteiger partial charge in [-0.15, -0.1) is 0 Å². The summed E-state index contributed by atoms with van der Waals surface area (Å²) in [7, 11) is -0.243. The van der Waals surface area contributed by atoms with Gasteiger partial charge in [-0.05, 0) is 5.41 Å². The molecular weight excluding hydrogens is 132 g/mol. The predicted octanol–water partition coefficient (Wildman–Crippen LogP) is 1.60. The van der Waals surface area contributed by atoms with Crippen molar-refractivity contribution >= 4 is 8.93 Å². The molecule has 0 heterocycles. The third-order valence-corrected chi connectivity index (χ3v) is 2.71. The molecule has 0 radical (unpaired) electrons. The van der Waals surface area contributed by atoms with E-state index >= 15 is 0 Å². The molecule has 0 unspecified atom stereocenters. The quantitative estimate of drug-likeness (QED) is 0.553. The Kier molecular flexibility index (Phi) is 3.04. The molecule has 0 aliphatic carbocycles. The lowest BCUT2D eigenvalue weighted by atomic mass is 10.0. The van der Waals surface area contributed by atoms with E-state index in [0.717, 1.165) is 0 Å². The Morgan fingerprint density at radius 1 is 1.44 bits per heavy atom. The highest BCUT2D eigenvalue weighted by Gasteiger charge is 2.18. The van der Waals surface area contributed by atoms with Gasteiger partial charge < -0.3 is 8.89 Å². The summed E-state index contributed by atoms with van der Waals surface area (Å²) in [5, 5.41) is 0. The van der Waals surface area contributed by atoms with Crippen LogP contribution < -0.4 is 0 Å². The van der Waals surface area contributed by atoms with Crippen LogP contribution in [0.1, 0.15) is 20.8 Å². The topological polar surface area (TPSA) is 26.3 Å². The molecule has 0 rings (SSSR count). The fourth-order valence-corrected chi connectivity index (χ4v) is 1.52. The van der Waals surface area contributed by atoms with Crippen molar-refractivity contribution in [2.45, 2.75) is 26.8 Å². The molecule has 0 amide bonds. The van der Waals surface area contributed by atoms with Gasteiger partial charge in [-0.3, -0.25) is 0 Å². The molecule has 0 aliphatic heterocycles. The van der Waals surface area contributed by atoms with Crippen molar-refractivity contribution in [3.05, 3.63) is 0 Å². The fourth-order valence-electron chi connectivity index (χ4n) is 0.505. The van der Waals surface area contributed by atoms with Gasteiger partial charge in [0.2, 0.25) is 0 Å². The predicted molar refractivity (Wildman–Crippen MR) is 37.7 cm³/mol. The standard InChI is InChI=1S/C6H14O2Si/c1-6(2,3)5-9(7)8-4/h5H2,1-4H3. The average molecular weight is 146 g/mol. The van der Waals surface area contributed by atoms with Crippen LogP contribution in [0.5, 0.6) is 0 Å². The normalized spacial score (nSPS) is 11.1. The summed E-state index contributed by atoms with van der Waals surface area (Å²) in [5.74, 6) is 0. The van der Waals surface area contributed by atoms with E-state index in [0.29, 0.717) is 6.04 Å². The first-order chi connectivity index (χ1) is 3.95. The second-order valence-corrected chi connectivity index (χ2v) is 4.82. The zero-order chi connectivity index (χ0) is 7.49. The highest BCUT2D eigenvalue weighted by atomic mass is 28.3. The summed E-state index contributed by atoms with van der Waals surface area (Å²) in [5.41, 5.74) is 0.131. The van der Waals surface area contributed by atoms with Crippen LogP contribution in [-0.4, -0.2) is 16.0 Å². The van der Waals surface area contributed by atoms with Crippen molar-refractivity contribution in [3.8, 4) is 0 Å². The summed E-state index contributed by atoms with van der Waals surface area (Å²) in [4.78, 5) is 0. The maximum atomic E-state index is 10.8. The summed E-state index contributed by atoms with van der Waals surface area (Å²) in [6.07, 6.45) is 0. The number of hydrogen-bond donors (Lipinski definition) is 0. The molecule has 54 valence electrons. The van der Waals surface area contributed by atoms with Crippen LogP contribution in [0.4, 0.5) is 0 Å². The Hall–Kier alpha value is -0.183. The first-order valence-electron chi connectivity index (χ1n) is 3.02. The van der Waals surface area contributed by atoms with Crippen molar-refractivity contribution in [2.24, 2.45) is 5.41 Å². The van der Waals surface area contributed by atoms with Crippen LogP contribution in [0.15, 0.2) is 0 Å². The molecule has 9 heavy (non-hydrogen) atoms. The van der Waals surface area contributed by atoms with E-state index in [1.54, 1.807) is 0 Å². The SMILES string of the molecule is CO[Si](=O)CC(C)(C)C. The van der Waals surface area contributed by atoms with Crippen molar-refractivity contribution < 1.29 is 8.89 Å². The van der Waals surface area contributed by atoms with Gasteiger partial charge in [0.25, 0.3) is 0 Å². The van der Waals surface area contributed by atoms with Crippen LogP contribution in [-0.2, 0) is 8.89 Å². The summed E-state index contributed by atoms with van der Waals surface area (Å²) in [6.45, 7) is 6.15. The summed E-state index contributed by atoms with van der Waals surface area (Å²) in [6, 6.07) is 0.675. The van der Waals surface area contributed by atoms with Gasteiger partial charge >= 0.3 is 8.93 Å². The second kappa shape index (κ2) is 3.10. The van der Waals surface area contributed by atoms with E-state index in [2.05, 4.69) is 25.2 Å². The minimum Gasteiger partial charge on any atom is -0.527 e. The third kappa shape index (κ3) is 5.69. The minimum absolute atomic E-state index is 0.131. The molecule has 0 atom stereocenters. The fraction of sp³-hybridized carbons (Fsp3) is 1.00. The van der Waals surface area contributed by atoms with E-state index in [1.807, 2.05) is 0 Å². The zero-order valence-electron chi connectivity index (χ0n) is 6.52. The van der Waals surface area contributed by atoms with Crippen molar-refractivity contribution in [3.63, 3.8) is 0 Å². The van der Waals surface area contributed by atoms with E-state index < -0.39 is 8.93 Å². The Bertz CT molecular complexity index is 104. The van der Waals surface area contributed by atoms with Crippen LogP contribution in [0.25, 0.3) is 0 Å². The number of hydrogen-bond acceptors (Lipinski definition) is 2. The Balaban J connectivity index is 3.60. The average Bonchev–Trinajstić information content (AvgIpc) is 1.62. The maximum Gasteiger partial charge on any atom is 0.502 e. The molecule has 0 aromatic rings. The largest absolute Gasteiger partial charge is 0.527 e. The molecule has 0 aliphatic rings. The van der Waals surface area contributed by atoms with Crippen LogP contribution in [0.2, 0.25) is 6.04 Å². The third-order valence-electron chi connectivity index (χ3n) is 0.902. The monoisotopic (exact) mass is 146 g/mol. The Morgan fingerprint density at radius 3 is 2.00 bits per heavy atom. The second-order valence-electron chi connectivity index (χ2n) is 3.31. The van der Waals surface area contributed by atoms with Crippen LogP contribution in [0.3, 0.4) is 0 Å². The Morgan fingerprint density at radius 2 is 1.89 bits per heavy atom. The van der Waals surface area contributed by atoms with Gasteiger partial charge in [0.1, 0.15) is 0 Å². The highest BCUT2D eigenvalue weighted by molar-refractivity contribution is 6.34. The molecule has 0 N–H and O–H groups in total. The van der Waals surface area contributed by atoms with Gasteiger partial charge in [0.05, 0.1) is 7.11 Å². The van der Waals surface area contributed by atoms with E-state index in [9.17, 15) is 4.46 Å². The van der Waals surface area contributed by atoms with E-state index in [1.165, 1.54) is 7.11 Å². The molecule has 2 nitrogen and oxygen atoms in total. The molecule has 0 spiro atoms. The van der Waals surface area contributed by atoms with E-state index in [-0.39, 0.29) is 5.41 Å². The van der Waals surface area contributed by atoms with Crippen molar-refractivity contribution in [2.75, 3.05) is 7.11 Å². The molecule has 0 fully saturated rings. The van der Waals surface area contributed by atoms with Crippen LogP contribution >= 0.6 is 0 Å². The zero-order valence-corrected chi connectivity index (χ0v) is 7.52. The minimum atomic E-state index is -1.74. The maximum absolute atomic E-state index is 10.8. The molecule has 0 saturated heterocycles. The number of rotatable bonds is 2. The van der Waals surface area contributed by atoms with E-state index in [4.69, 9.17) is 0 Å². The lowest BCUT2D eigenvalue weighted by Gasteiger charge is -2.14. The van der Waals surface area contributed by atoms with Crippen molar-refractivity contribution in [1.29, 1.82) is 0 Å². The Labute approximate surface area is 58.0 Å². The smallest absolute Gasteiger partial charge is 0.502 e. The van der Waals surface area contributed by atoms with Gasteiger partial charge in [-0.2, -0.15) is 0 Å². The lowest BCUT2D eigenvalue weighted by molar-refractivity contribution is 0.335. The first kappa shape index (κ1) is 8.82.